The van der Waals surface area contributed by atoms with Gasteiger partial charge in [-0.3, -0.25) is 4.98 Å². The average molecular weight is 282 g/mol. The monoisotopic (exact) mass is 282 g/mol. The first-order valence-electron chi connectivity index (χ1n) is 6.07. The molecule has 7 heteroatoms. The van der Waals surface area contributed by atoms with Crippen LogP contribution in [0.4, 0.5) is 30.5 Å². The standard InChI is InChI=1S/C13H13F3N4/c1-2-3-18-11-6-17-7-12(20-11)19-10-5-8(14)4-9(15)13(10)16/h4-7H,2-3H2,1H3,(H2,18,19,20). The summed E-state index contributed by atoms with van der Waals surface area (Å²) < 4.78 is 39.6. The lowest BCUT2D eigenvalue weighted by Gasteiger charge is -2.09. The molecule has 2 rings (SSSR count). The van der Waals surface area contributed by atoms with Crippen molar-refractivity contribution in [2.75, 3.05) is 17.2 Å². The minimum absolute atomic E-state index is 0.190. The second kappa shape index (κ2) is 6.23. The Labute approximate surface area is 114 Å². The van der Waals surface area contributed by atoms with E-state index in [1.807, 2.05) is 6.92 Å². The third-order valence-corrected chi connectivity index (χ3v) is 2.45. The summed E-state index contributed by atoms with van der Waals surface area (Å²) in [5, 5.41) is 5.50. The van der Waals surface area contributed by atoms with Gasteiger partial charge in [-0.2, -0.15) is 0 Å². The van der Waals surface area contributed by atoms with Crippen LogP contribution in [0, 0.1) is 17.5 Å². The van der Waals surface area contributed by atoms with Crippen LogP contribution in [0.15, 0.2) is 24.5 Å². The van der Waals surface area contributed by atoms with Gasteiger partial charge in [0, 0.05) is 18.7 Å². The second-order valence-corrected chi connectivity index (χ2v) is 4.09. The van der Waals surface area contributed by atoms with Gasteiger partial charge in [0.05, 0.1) is 18.1 Å². The lowest BCUT2D eigenvalue weighted by Crippen LogP contribution is -2.05. The SMILES string of the molecule is CCCNc1cncc(Nc2cc(F)cc(F)c2F)n1. The molecule has 0 aliphatic rings. The van der Waals surface area contributed by atoms with Crippen LogP contribution in [0.3, 0.4) is 0 Å². The minimum Gasteiger partial charge on any atom is -0.369 e. The zero-order chi connectivity index (χ0) is 14.5. The molecule has 0 atom stereocenters. The van der Waals surface area contributed by atoms with E-state index in [1.165, 1.54) is 12.4 Å². The van der Waals surface area contributed by atoms with Gasteiger partial charge >= 0.3 is 0 Å². The van der Waals surface area contributed by atoms with Gasteiger partial charge in [-0.05, 0) is 6.42 Å². The van der Waals surface area contributed by atoms with Gasteiger partial charge in [0.1, 0.15) is 11.6 Å². The van der Waals surface area contributed by atoms with Crippen molar-refractivity contribution in [2.24, 2.45) is 0 Å². The fraction of sp³-hybridized carbons (Fsp3) is 0.231. The Morgan fingerprint density at radius 1 is 1.10 bits per heavy atom. The lowest BCUT2D eigenvalue weighted by atomic mass is 10.3. The number of aromatic nitrogens is 2. The summed E-state index contributed by atoms with van der Waals surface area (Å²) in [6, 6.07) is 1.33. The average Bonchev–Trinajstić information content (AvgIpc) is 2.42. The number of hydrogen-bond donors (Lipinski definition) is 2. The Hall–Kier alpha value is -2.31. The first-order chi connectivity index (χ1) is 9.60. The van der Waals surface area contributed by atoms with E-state index in [1.54, 1.807) is 0 Å². The zero-order valence-corrected chi connectivity index (χ0v) is 10.8. The maximum atomic E-state index is 13.5. The molecule has 0 bridgehead atoms. The fourth-order valence-corrected chi connectivity index (χ4v) is 1.55. The van der Waals surface area contributed by atoms with Gasteiger partial charge in [0.25, 0.3) is 0 Å². The summed E-state index contributed by atoms with van der Waals surface area (Å²) in [4.78, 5) is 8.02. The number of halogens is 3. The molecule has 0 saturated carbocycles. The van der Waals surface area contributed by atoms with Gasteiger partial charge < -0.3 is 10.6 Å². The predicted molar refractivity (Wildman–Crippen MR) is 70.4 cm³/mol. The Morgan fingerprint density at radius 3 is 2.60 bits per heavy atom. The molecule has 0 fully saturated rings. The molecular weight excluding hydrogens is 269 g/mol. The number of rotatable bonds is 5. The largest absolute Gasteiger partial charge is 0.369 e. The molecule has 1 aromatic carbocycles. The molecule has 106 valence electrons. The smallest absolute Gasteiger partial charge is 0.182 e. The highest BCUT2D eigenvalue weighted by Gasteiger charge is 2.12. The van der Waals surface area contributed by atoms with Crippen LogP contribution >= 0.6 is 0 Å². The number of nitrogens with one attached hydrogen (secondary N) is 2. The number of anilines is 3. The van der Waals surface area contributed by atoms with E-state index in [9.17, 15) is 13.2 Å². The van der Waals surface area contributed by atoms with Gasteiger partial charge in [0.2, 0.25) is 0 Å². The Morgan fingerprint density at radius 2 is 1.85 bits per heavy atom. The van der Waals surface area contributed by atoms with Gasteiger partial charge in [-0.15, -0.1) is 0 Å². The summed E-state index contributed by atoms with van der Waals surface area (Å²) in [5.74, 6) is -2.62. The summed E-state index contributed by atoms with van der Waals surface area (Å²) in [6.45, 7) is 2.70. The van der Waals surface area contributed by atoms with Crippen LogP contribution < -0.4 is 10.6 Å². The fourth-order valence-electron chi connectivity index (χ4n) is 1.55. The summed E-state index contributed by atoms with van der Waals surface area (Å²) in [5.41, 5.74) is -0.329. The van der Waals surface area contributed by atoms with Crippen LogP contribution in [-0.2, 0) is 0 Å². The van der Waals surface area contributed by atoms with Gasteiger partial charge in [0.15, 0.2) is 17.5 Å². The molecule has 0 unspecified atom stereocenters. The molecule has 2 aromatic rings. The van der Waals surface area contributed by atoms with Crippen LogP contribution in [0.5, 0.6) is 0 Å². The molecule has 1 heterocycles. The van der Waals surface area contributed by atoms with Gasteiger partial charge in [-0.1, -0.05) is 6.92 Å². The van der Waals surface area contributed by atoms with Crippen molar-refractivity contribution in [2.45, 2.75) is 13.3 Å². The molecule has 0 spiro atoms. The maximum absolute atomic E-state index is 13.5. The molecule has 1 aromatic heterocycles. The van der Waals surface area contributed by atoms with E-state index in [0.717, 1.165) is 12.5 Å². The Balaban J connectivity index is 2.21. The van der Waals surface area contributed by atoms with Crippen molar-refractivity contribution in [1.82, 2.24) is 9.97 Å². The van der Waals surface area contributed by atoms with Crippen molar-refractivity contribution in [3.8, 4) is 0 Å². The Bertz CT molecular complexity index is 604. The Kier molecular flexibility index (Phi) is 4.39. The van der Waals surface area contributed by atoms with Crippen molar-refractivity contribution >= 4 is 17.3 Å². The third-order valence-electron chi connectivity index (χ3n) is 2.45. The quantitative estimate of drug-likeness (QED) is 0.825. The lowest BCUT2D eigenvalue weighted by molar-refractivity contribution is 0.498. The number of benzene rings is 1. The van der Waals surface area contributed by atoms with Crippen LogP contribution in [-0.4, -0.2) is 16.5 Å². The topological polar surface area (TPSA) is 49.8 Å². The van der Waals surface area contributed by atoms with Crippen molar-refractivity contribution in [3.05, 3.63) is 42.0 Å². The van der Waals surface area contributed by atoms with E-state index >= 15 is 0 Å². The third kappa shape index (κ3) is 3.37. The molecular formula is C13H13F3N4. The minimum atomic E-state index is -1.26. The van der Waals surface area contributed by atoms with E-state index in [4.69, 9.17) is 0 Å². The van der Waals surface area contributed by atoms with E-state index < -0.39 is 17.5 Å². The van der Waals surface area contributed by atoms with Crippen LogP contribution in [0.25, 0.3) is 0 Å². The normalized spacial score (nSPS) is 10.4. The molecule has 0 saturated heterocycles. The summed E-state index contributed by atoms with van der Waals surface area (Å²) >= 11 is 0. The highest BCUT2D eigenvalue weighted by atomic mass is 19.2. The molecule has 2 N–H and O–H groups in total. The second-order valence-electron chi connectivity index (χ2n) is 4.09. The summed E-state index contributed by atoms with van der Waals surface area (Å²) in [7, 11) is 0. The molecule has 0 radical (unpaired) electrons. The first kappa shape index (κ1) is 14.1. The summed E-state index contributed by atoms with van der Waals surface area (Å²) in [6.07, 6.45) is 3.74. The van der Waals surface area contributed by atoms with Gasteiger partial charge in [-0.25, -0.2) is 18.2 Å². The first-order valence-corrected chi connectivity index (χ1v) is 6.07. The number of nitrogens with zero attached hydrogens (tertiary/aromatic N) is 2. The molecule has 0 aliphatic carbocycles. The van der Waals surface area contributed by atoms with Crippen molar-refractivity contribution in [1.29, 1.82) is 0 Å². The maximum Gasteiger partial charge on any atom is 0.182 e. The molecule has 20 heavy (non-hydrogen) atoms. The van der Waals surface area contributed by atoms with E-state index in [0.29, 0.717) is 18.4 Å². The van der Waals surface area contributed by atoms with Crippen molar-refractivity contribution in [3.63, 3.8) is 0 Å². The molecule has 0 aliphatic heterocycles. The van der Waals surface area contributed by atoms with Crippen molar-refractivity contribution < 1.29 is 13.2 Å². The highest BCUT2D eigenvalue weighted by Crippen LogP contribution is 2.22. The highest BCUT2D eigenvalue weighted by molar-refractivity contribution is 5.57. The molecule has 0 amide bonds. The van der Waals surface area contributed by atoms with E-state index in [2.05, 4.69) is 20.6 Å². The van der Waals surface area contributed by atoms with E-state index in [-0.39, 0.29) is 11.5 Å². The van der Waals surface area contributed by atoms with Crippen LogP contribution in [0.1, 0.15) is 13.3 Å². The number of hydrogen-bond acceptors (Lipinski definition) is 4. The van der Waals surface area contributed by atoms with Crippen LogP contribution in [0.2, 0.25) is 0 Å². The molecule has 4 nitrogen and oxygen atoms in total. The predicted octanol–water partition coefficient (Wildman–Crippen LogP) is 3.46. The zero-order valence-electron chi connectivity index (χ0n) is 10.8.